The maximum atomic E-state index is 12.3. The fourth-order valence-corrected chi connectivity index (χ4v) is 3.62. The number of sulfonamides is 1. The van der Waals surface area contributed by atoms with Crippen LogP contribution < -0.4 is 10.0 Å². The highest BCUT2D eigenvalue weighted by atomic mass is 32.2. The molecule has 1 aliphatic heterocycles. The first-order chi connectivity index (χ1) is 9.13. The van der Waals surface area contributed by atoms with E-state index in [1.54, 1.807) is 12.1 Å². The zero-order valence-corrected chi connectivity index (χ0v) is 11.4. The molecule has 1 atom stereocenters. The van der Waals surface area contributed by atoms with Crippen molar-refractivity contribution >= 4 is 10.0 Å². The predicted octanol–water partition coefficient (Wildman–Crippen LogP) is 0.979. The molecular formula is C13H17N3O2S. The van der Waals surface area contributed by atoms with Gasteiger partial charge in [-0.15, -0.1) is 0 Å². The molecule has 102 valence electrons. The highest BCUT2D eigenvalue weighted by Crippen LogP contribution is 2.16. The number of nitriles is 1. The lowest BCUT2D eigenvalue weighted by Gasteiger charge is -2.17. The molecule has 0 amide bonds. The molecule has 2 rings (SSSR count). The van der Waals surface area contributed by atoms with Crippen molar-refractivity contribution in [1.29, 1.82) is 5.26 Å². The van der Waals surface area contributed by atoms with Gasteiger partial charge in [0.25, 0.3) is 0 Å². The highest BCUT2D eigenvalue weighted by molar-refractivity contribution is 7.89. The lowest BCUT2D eigenvalue weighted by molar-refractivity contribution is 0.521. The van der Waals surface area contributed by atoms with Crippen molar-refractivity contribution in [3.8, 4) is 6.07 Å². The van der Waals surface area contributed by atoms with Gasteiger partial charge in [-0.25, -0.2) is 13.1 Å². The maximum absolute atomic E-state index is 12.3. The Morgan fingerprint density at radius 1 is 1.32 bits per heavy atom. The second-order valence-corrected chi connectivity index (χ2v) is 6.31. The van der Waals surface area contributed by atoms with Crippen LogP contribution in [0.2, 0.25) is 0 Å². The van der Waals surface area contributed by atoms with Crippen molar-refractivity contribution in [2.75, 3.05) is 13.1 Å². The molecule has 0 bridgehead atoms. The van der Waals surface area contributed by atoms with Gasteiger partial charge in [0.1, 0.15) is 6.07 Å². The van der Waals surface area contributed by atoms with Crippen molar-refractivity contribution in [2.45, 2.75) is 30.2 Å². The van der Waals surface area contributed by atoms with Crippen molar-refractivity contribution in [2.24, 2.45) is 0 Å². The fraction of sp³-hybridized carbons (Fsp3) is 0.462. The Kier molecular flexibility index (Phi) is 4.53. The van der Waals surface area contributed by atoms with Crippen LogP contribution in [0.5, 0.6) is 0 Å². The number of nitrogens with one attached hydrogen (secondary N) is 2. The Balaban J connectivity index is 2.20. The van der Waals surface area contributed by atoms with Crippen molar-refractivity contribution < 1.29 is 8.42 Å². The van der Waals surface area contributed by atoms with Gasteiger partial charge in [0.2, 0.25) is 10.0 Å². The van der Waals surface area contributed by atoms with E-state index in [0.717, 1.165) is 25.8 Å². The lowest BCUT2D eigenvalue weighted by atomic mass is 10.2. The van der Waals surface area contributed by atoms with Crippen LogP contribution in [0.3, 0.4) is 0 Å². The van der Waals surface area contributed by atoms with Gasteiger partial charge in [-0.2, -0.15) is 5.26 Å². The summed E-state index contributed by atoms with van der Waals surface area (Å²) in [5.41, 5.74) is 0.177. The normalized spacial score (nSPS) is 20.5. The van der Waals surface area contributed by atoms with Gasteiger partial charge in [0.05, 0.1) is 10.5 Å². The Hall–Kier alpha value is -1.42. The summed E-state index contributed by atoms with van der Waals surface area (Å²) < 4.78 is 27.3. The van der Waals surface area contributed by atoms with E-state index in [9.17, 15) is 8.42 Å². The quantitative estimate of drug-likeness (QED) is 0.864. The van der Waals surface area contributed by atoms with Gasteiger partial charge >= 0.3 is 0 Å². The molecule has 0 aliphatic carbocycles. The molecule has 1 unspecified atom stereocenters. The van der Waals surface area contributed by atoms with Crippen LogP contribution in [-0.2, 0) is 10.0 Å². The SMILES string of the molecule is N#Cc1ccccc1S(=O)(=O)NC1CCCCNC1. The van der Waals surface area contributed by atoms with Gasteiger partial charge in [0.15, 0.2) is 0 Å². The van der Waals surface area contributed by atoms with E-state index >= 15 is 0 Å². The first-order valence-electron chi connectivity index (χ1n) is 6.35. The third-order valence-corrected chi connectivity index (χ3v) is 4.74. The molecule has 1 aliphatic rings. The molecule has 1 saturated heterocycles. The molecule has 1 fully saturated rings. The third-order valence-electron chi connectivity index (χ3n) is 3.17. The molecule has 0 aromatic heterocycles. The fourth-order valence-electron chi connectivity index (χ4n) is 2.20. The van der Waals surface area contributed by atoms with Crippen LogP contribution in [-0.4, -0.2) is 27.5 Å². The standard InChI is InChI=1S/C13H17N3O2S/c14-9-11-5-1-2-7-13(11)19(17,18)16-12-6-3-4-8-15-10-12/h1-2,5,7,12,15-16H,3-4,6,8,10H2. The van der Waals surface area contributed by atoms with Gasteiger partial charge < -0.3 is 5.32 Å². The number of hydrogen-bond donors (Lipinski definition) is 2. The molecule has 6 heteroatoms. The minimum atomic E-state index is -3.63. The average Bonchev–Trinajstić information content (AvgIpc) is 2.67. The van der Waals surface area contributed by atoms with Crippen LogP contribution in [0, 0.1) is 11.3 Å². The predicted molar refractivity (Wildman–Crippen MR) is 72.0 cm³/mol. The van der Waals surface area contributed by atoms with E-state index < -0.39 is 10.0 Å². The molecular weight excluding hydrogens is 262 g/mol. The molecule has 1 aromatic rings. The average molecular weight is 279 g/mol. The number of rotatable bonds is 3. The first-order valence-corrected chi connectivity index (χ1v) is 7.84. The summed E-state index contributed by atoms with van der Waals surface area (Å²) in [7, 11) is -3.63. The van der Waals surface area contributed by atoms with E-state index in [1.165, 1.54) is 12.1 Å². The zero-order valence-electron chi connectivity index (χ0n) is 10.6. The minimum absolute atomic E-state index is 0.0572. The van der Waals surface area contributed by atoms with E-state index in [2.05, 4.69) is 10.0 Å². The summed E-state index contributed by atoms with van der Waals surface area (Å²) in [5.74, 6) is 0. The summed E-state index contributed by atoms with van der Waals surface area (Å²) in [5, 5.41) is 12.2. The highest BCUT2D eigenvalue weighted by Gasteiger charge is 2.23. The summed E-state index contributed by atoms with van der Waals surface area (Å²) >= 11 is 0. The van der Waals surface area contributed by atoms with Gasteiger partial charge in [-0.1, -0.05) is 18.6 Å². The molecule has 0 radical (unpaired) electrons. The number of hydrogen-bond acceptors (Lipinski definition) is 4. The number of nitrogens with zero attached hydrogens (tertiary/aromatic N) is 1. The molecule has 0 saturated carbocycles. The molecule has 1 aromatic carbocycles. The second-order valence-electron chi connectivity index (χ2n) is 4.63. The Bertz CT molecular complexity index is 570. The van der Waals surface area contributed by atoms with Crippen LogP contribution in [0.15, 0.2) is 29.2 Å². The minimum Gasteiger partial charge on any atom is -0.315 e. The zero-order chi connectivity index (χ0) is 13.7. The van der Waals surface area contributed by atoms with Gasteiger partial charge in [0, 0.05) is 12.6 Å². The molecule has 0 spiro atoms. The summed E-state index contributed by atoms with van der Waals surface area (Å²) in [6.07, 6.45) is 2.88. The maximum Gasteiger partial charge on any atom is 0.242 e. The van der Waals surface area contributed by atoms with Gasteiger partial charge in [-0.05, 0) is 31.5 Å². The summed E-state index contributed by atoms with van der Waals surface area (Å²) in [6.45, 7) is 1.56. The number of benzene rings is 1. The summed E-state index contributed by atoms with van der Waals surface area (Å²) in [4.78, 5) is 0.0572. The van der Waals surface area contributed by atoms with Crippen LogP contribution in [0.25, 0.3) is 0 Å². The molecule has 5 nitrogen and oxygen atoms in total. The monoisotopic (exact) mass is 279 g/mol. The van der Waals surface area contributed by atoms with Crippen molar-refractivity contribution in [3.05, 3.63) is 29.8 Å². The van der Waals surface area contributed by atoms with E-state index in [4.69, 9.17) is 5.26 Å². The van der Waals surface area contributed by atoms with E-state index in [0.29, 0.717) is 6.54 Å². The topological polar surface area (TPSA) is 82.0 Å². The third kappa shape index (κ3) is 3.53. The first kappa shape index (κ1) is 14.0. The smallest absolute Gasteiger partial charge is 0.242 e. The summed E-state index contributed by atoms with van der Waals surface area (Å²) in [6, 6.07) is 8.07. The van der Waals surface area contributed by atoms with E-state index in [-0.39, 0.29) is 16.5 Å². The van der Waals surface area contributed by atoms with Crippen molar-refractivity contribution in [3.63, 3.8) is 0 Å². The second kappa shape index (κ2) is 6.15. The van der Waals surface area contributed by atoms with Crippen LogP contribution in [0.1, 0.15) is 24.8 Å². The molecule has 2 N–H and O–H groups in total. The Labute approximate surface area is 113 Å². The largest absolute Gasteiger partial charge is 0.315 e. The lowest BCUT2D eigenvalue weighted by Crippen LogP contribution is -2.40. The van der Waals surface area contributed by atoms with Crippen LogP contribution in [0.4, 0.5) is 0 Å². The van der Waals surface area contributed by atoms with Crippen molar-refractivity contribution in [1.82, 2.24) is 10.0 Å². The Morgan fingerprint density at radius 3 is 2.89 bits per heavy atom. The molecule has 19 heavy (non-hydrogen) atoms. The molecule has 1 heterocycles. The van der Waals surface area contributed by atoms with Crippen LogP contribution >= 0.6 is 0 Å². The van der Waals surface area contributed by atoms with E-state index in [1.807, 2.05) is 6.07 Å². The Morgan fingerprint density at radius 2 is 2.11 bits per heavy atom. The van der Waals surface area contributed by atoms with Gasteiger partial charge in [-0.3, -0.25) is 0 Å².